The number of nitrogens with one attached hydrogen (secondary N) is 2. The summed E-state index contributed by atoms with van der Waals surface area (Å²) in [4.78, 5) is 23.4. The molecule has 0 spiro atoms. The fourth-order valence-electron chi connectivity index (χ4n) is 2.29. The number of hydrogen-bond donors (Lipinski definition) is 3. The van der Waals surface area contributed by atoms with Crippen LogP contribution in [0.3, 0.4) is 0 Å². The smallest absolute Gasteiger partial charge is 0.335 e. The van der Waals surface area contributed by atoms with Gasteiger partial charge in [0.25, 0.3) is 0 Å². The number of amides is 1. The molecule has 1 amide bonds. The molecular formula is C14H16Cl2N2O3. The topological polar surface area (TPSA) is 78.4 Å². The Hall–Kier alpha value is -1.30. The standard InChI is InChI=1S/C14H16Cl2N2O3/c1-14(2-4-17-5-3-14)13(21)18-11-9(15)6-8(12(19)20)7-10(11)16/h6-7,17H,2-5H2,1H3,(H,18,21)(H,19,20). The normalized spacial score (nSPS) is 17.3. The van der Waals surface area contributed by atoms with Crippen LogP contribution >= 0.6 is 23.2 Å². The molecule has 114 valence electrons. The maximum absolute atomic E-state index is 12.4. The van der Waals surface area contributed by atoms with Crippen molar-refractivity contribution >= 4 is 40.8 Å². The molecule has 0 aliphatic carbocycles. The third-order valence-corrected chi connectivity index (χ3v) is 4.38. The Morgan fingerprint density at radius 3 is 2.24 bits per heavy atom. The zero-order chi connectivity index (χ0) is 15.6. The number of aromatic carboxylic acids is 1. The highest BCUT2D eigenvalue weighted by molar-refractivity contribution is 6.40. The van der Waals surface area contributed by atoms with Gasteiger partial charge in [0.05, 0.1) is 21.3 Å². The third kappa shape index (κ3) is 3.48. The van der Waals surface area contributed by atoms with Crippen molar-refractivity contribution in [2.24, 2.45) is 5.41 Å². The lowest BCUT2D eigenvalue weighted by Crippen LogP contribution is -2.42. The maximum Gasteiger partial charge on any atom is 0.335 e. The quantitative estimate of drug-likeness (QED) is 0.796. The van der Waals surface area contributed by atoms with E-state index in [0.717, 1.165) is 25.9 Å². The van der Waals surface area contributed by atoms with Crippen molar-refractivity contribution in [2.75, 3.05) is 18.4 Å². The van der Waals surface area contributed by atoms with Gasteiger partial charge in [0, 0.05) is 5.41 Å². The second kappa shape index (κ2) is 6.22. The number of carboxylic acid groups (broad SMARTS) is 1. The molecule has 0 radical (unpaired) electrons. The molecule has 3 N–H and O–H groups in total. The summed E-state index contributed by atoms with van der Waals surface area (Å²) in [5.74, 6) is -1.28. The van der Waals surface area contributed by atoms with E-state index in [0.29, 0.717) is 0 Å². The molecule has 1 aliphatic rings. The van der Waals surface area contributed by atoms with E-state index < -0.39 is 11.4 Å². The maximum atomic E-state index is 12.4. The van der Waals surface area contributed by atoms with Gasteiger partial charge in [-0.3, -0.25) is 4.79 Å². The first-order valence-electron chi connectivity index (χ1n) is 6.58. The van der Waals surface area contributed by atoms with Crippen molar-refractivity contribution in [1.82, 2.24) is 5.32 Å². The number of piperidine rings is 1. The van der Waals surface area contributed by atoms with Gasteiger partial charge in [-0.1, -0.05) is 30.1 Å². The first-order chi connectivity index (χ1) is 9.83. The van der Waals surface area contributed by atoms with Gasteiger partial charge in [0.15, 0.2) is 0 Å². The number of benzene rings is 1. The Morgan fingerprint density at radius 2 is 1.76 bits per heavy atom. The summed E-state index contributed by atoms with van der Waals surface area (Å²) in [6.07, 6.45) is 1.45. The molecule has 1 aliphatic heterocycles. The van der Waals surface area contributed by atoms with Crippen molar-refractivity contribution in [1.29, 1.82) is 0 Å². The highest BCUT2D eigenvalue weighted by Gasteiger charge is 2.35. The number of carbonyl (C=O) groups is 2. The van der Waals surface area contributed by atoms with Crippen LogP contribution in [0.25, 0.3) is 0 Å². The molecule has 0 unspecified atom stereocenters. The lowest BCUT2D eigenvalue weighted by molar-refractivity contribution is -0.126. The molecule has 1 aromatic carbocycles. The molecule has 0 aromatic heterocycles. The van der Waals surface area contributed by atoms with Gasteiger partial charge in [0.1, 0.15) is 0 Å². The van der Waals surface area contributed by atoms with E-state index in [-0.39, 0.29) is 27.2 Å². The van der Waals surface area contributed by atoms with E-state index in [1.54, 1.807) is 0 Å². The van der Waals surface area contributed by atoms with Crippen molar-refractivity contribution in [3.8, 4) is 0 Å². The number of anilines is 1. The van der Waals surface area contributed by atoms with Crippen LogP contribution in [0.4, 0.5) is 5.69 Å². The zero-order valence-electron chi connectivity index (χ0n) is 11.5. The molecule has 0 atom stereocenters. The molecular weight excluding hydrogens is 315 g/mol. The summed E-state index contributed by atoms with van der Waals surface area (Å²) in [7, 11) is 0. The largest absolute Gasteiger partial charge is 0.478 e. The Bertz CT molecular complexity index is 561. The minimum Gasteiger partial charge on any atom is -0.478 e. The Morgan fingerprint density at radius 1 is 1.24 bits per heavy atom. The van der Waals surface area contributed by atoms with Crippen LogP contribution in [0.1, 0.15) is 30.1 Å². The number of halogens is 2. The van der Waals surface area contributed by atoms with E-state index in [2.05, 4.69) is 10.6 Å². The first kappa shape index (κ1) is 16.1. The monoisotopic (exact) mass is 330 g/mol. The lowest BCUT2D eigenvalue weighted by atomic mass is 9.80. The second-order valence-corrected chi connectivity index (χ2v) is 6.20. The SMILES string of the molecule is CC1(C(=O)Nc2c(Cl)cc(C(=O)O)cc2Cl)CCNCC1. The van der Waals surface area contributed by atoms with Crippen LogP contribution in [0.15, 0.2) is 12.1 Å². The number of rotatable bonds is 3. The number of carboxylic acids is 1. The van der Waals surface area contributed by atoms with Crippen LogP contribution in [-0.4, -0.2) is 30.1 Å². The van der Waals surface area contributed by atoms with Gasteiger partial charge in [-0.15, -0.1) is 0 Å². The van der Waals surface area contributed by atoms with Gasteiger partial charge < -0.3 is 15.7 Å². The van der Waals surface area contributed by atoms with Gasteiger partial charge in [0.2, 0.25) is 5.91 Å². The van der Waals surface area contributed by atoms with Crippen LogP contribution in [0.2, 0.25) is 10.0 Å². The van der Waals surface area contributed by atoms with Crippen LogP contribution in [0.5, 0.6) is 0 Å². The van der Waals surface area contributed by atoms with E-state index in [1.807, 2.05) is 6.92 Å². The van der Waals surface area contributed by atoms with E-state index in [1.165, 1.54) is 12.1 Å². The third-order valence-electron chi connectivity index (χ3n) is 3.78. The first-order valence-corrected chi connectivity index (χ1v) is 7.33. The molecule has 7 heteroatoms. The highest BCUT2D eigenvalue weighted by Crippen LogP contribution is 2.35. The fraction of sp³-hybridized carbons (Fsp3) is 0.429. The molecule has 21 heavy (non-hydrogen) atoms. The van der Waals surface area contributed by atoms with Gasteiger partial charge in [-0.05, 0) is 38.1 Å². The Kier molecular flexibility index (Phi) is 4.76. The van der Waals surface area contributed by atoms with Gasteiger partial charge >= 0.3 is 5.97 Å². The van der Waals surface area contributed by atoms with Crippen LogP contribution in [0, 0.1) is 5.41 Å². The molecule has 0 bridgehead atoms. The minimum absolute atomic E-state index is 0.0175. The summed E-state index contributed by atoms with van der Waals surface area (Å²) in [5, 5.41) is 15.1. The summed E-state index contributed by atoms with van der Waals surface area (Å²) in [5.41, 5.74) is -0.243. The summed E-state index contributed by atoms with van der Waals surface area (Å²) in [6, 6.07) is 2.55. The number of hydrogen-bond acceptors (Lipinski definition) is 3. The Balaban J connectivity index is 2.23. The lowest BCUT2D eigenvalue weighted by Gasteiger charge is -2.32. The molecule has 1 fully saturated rings. The van der Waals surface area contributed by atoms with Crippen LogP contribution in [-0.2, 0) is 4.79 Å². The zero-order valence-corrected chi connectivity index (χ0v) is 13.0. The molecule has 0 saturated carbocycles. The Labute approximate surface area is 132 Å². The summed E-state index contributed by atoms with van der Waals surface area (Å²) in [6.45, 7) is 3.46. The minimum atomic E-state index is -1.12. The summed E-state index contributed by atoms with van der Waals surface area (Å²) >= 11 is 12.1. The second-order valence-electron chi connectivity index (χ2n) is 5.38. The van der Waals surface area contributed by atoms with E-state index >= 15 is 0 Å². The molecule has 1 saturated heterocycles. The van der Waals surface area contributed by atoms with Crippen molar-refractivity contribution in [3.05, 3.63) is 27.7 Å². The molecule has 2 rings (SSSR count). The van der Waals surface area contributed by atoms with Gasteiger partial charge in [-0.2, -0.15) is 0 Å². The van der Waals surface area contributed by atoms with Crippen LogP contribution < -0.4 is 10.6 Å². The predicted octanol–water partition coefficient (Wildman–Crippen LogP) is 3.02. The van der Waals surface area contributed by atoms with E-state index in [9.17, 15) is 9.59 Å². The predicted molar refractivity (Wildman–Crippen MR) is 82.3 cm³/mol. The average molecular weight is 331 g/mol. The molecule has 1 heterocycles. The van der Waals surface area contributed by atoms with Crippen molar-refractivity contribution < 1.29 is 14.7 Å². The fourth-order valence-corrected chi connectivity index (χ4v) is 2.87. The molecule has 5 nitrogen and oxygen atoms in total. The summed E-state index contributed by atoms with van der Waals surface area (Å²) < 4.78 is 0. The molecule has 1 aromatic rings. The highest BCUT2D eigenvalue weighted by atomic mass is 35.5. The number of carbonyl (C=O) groups excluding carboxylic acids is 1. The average Bonchev–Trinajstić information content (AvgIpc) is 2.43. The van der Waals surface area contributed by atoms with Crippen molar-refractivity contribution in [3.63, 3.8) is 0 Å². The van der Waals surface area contributed by atoms with E-state index in [4.69, 9.17) is 28.3 Å². The van der Waals surface area contributed by atoms with Gasteiger partial charge in [-0.25, -0.2) is 4.79 Å². The van der Waals surface area contributed by atoms with Crippen molar-refractivity contribution in [2.45, 2.75) is 19.8 Å².